The minimum Gasteiger partial charge on any atom is -0.468 e. The molecule has 0 radical (unpaired) electrons. The average molecular weight is 246 g/mol. The van der Waals surface area contributed by atoms with Crippen molar-refractivity contribution in [3.05, 3.63) is 0 Å². The zero-order valence-electron chi connectivity index (χ0n) is 11.7. The maximum Gasteiger partial charge on any atom is 0.324 e. The fourth-order valence-electron chi connectivity index (χ4n) is 1.51. The Hall–Kier alpha value is -0.650. The Bertz CT molecular complexity index is 210. The van der Waals surface area contributed by atoms with Crippen molar-refractivity contribution in [3.63, 3.8) is 0 Å². The molecule has 1 unspecified atom stereocenters. The molecule has 0 aromatic heterocycles. The number of nitrogens with zero attached hydrogens (tertiary/aromatic N) is 1. The topological polar surface area (TPSA) is 50.8 Å². The van der Waals surface area contributed by atoms with E-state index in [1.54, 1.807) is 0 Å². The number of hydrogen-bond donors (Lipinski definition) is 1. The Morgan fingerprint density at radius 1 is 1.41 bits per heavy atom. The van der Waals surface area contributed by atoms with Crippen LogP contribution in [0.4, 0.5) is 0 Å². The smallest absolute Gasteiger partial charge is 0.324 e. The summed E-state index contributed by atoms with van der Waals surface area (Å²) in [5, 5.41) is 3.19. The van der Waals surface area contributed by atoms with Gasteiger partial charge in [-0.1, -0.05) is 13.8 Å². The number of carbonyl (C=O) groups is 1. The molecule has 5 heteroatoms. The highest BCUT2D eigenvalue weighted by Gasteiger charge is 2.21. The van der Waals surface area contributed by atoms with Crippen molar-refractivity contribution in [2.75, 3.05) is 40.5 Å². The van der Waals surface area contributed by atoms with Gasteiger partial charge in [-0.15, -0.1) is 0 Å². The van der Waals surface area contributed by atoms with Crippen LogP contribution in [0.2, 0.25) is 0 Å². The zero-order chi connectivity index (χ0) is 13.3. The normalized spacial score (nSPS) is 13.1. The molecule has 0 saturated carbocycles. The Morgan fingerprint density at radius 3 is 2.53 bits per heavy atom. The number of ether oxygens (including phenoxy) is 2. The molecule has 1 N–H and O–H groups in total. The second-order valence-electron chi connectivity index (χ2n) is 4.36. The van der Waals surface area contributed by atoms with Crippen LogP contribution in [-0.4, -0.2) is 63.4 Å². The van der Waals surface area contributed by atoms with Crippen molar-refractivity contribution >= 4 is 5.97 Å². The van der Waals surface area contributed by atoms with E-state index in [4.69, 9.17) is 9.47 Å². The summed E-state index contributed by atoms with van der Waals surface area (Å²) in [6, 6.07) is -0.0361. The lowest BCUT2D eigenvalue weighted by Crippen LogP contribution is -2.48. The van der Waals surface area contributed by atoms with Crippen LogP contribution >= 0.6 is 0 Å². The molecule has 0 aromatic rings. The van der Waals surface area contributed by atoms with E-state index in [-0.39, 0.29) is 18.1 Å². The molecule has 0 rings (SSSR count). The first-order valence-corrected chi connectivity index (χ1v) is 6.11. The van der Waals surface area contributed by atoms with Crippen LogP contribution in [0.3, 0.4) is 0 Å². The molecular formula is C12H26N2O3. The fourth-order valence-corrected chi connectivity index (χ4v) is 1.51. The highest BCUT2D eigenvalue weighted by molar-refractivity contribution is 5.75. The third kappa shape index (κ3) is 8.12. The molecule has 1 atom stereocenters. The van der Waals surface area contributed by atoms with Crippen molar-refractivity contribution < 1.29 is 14.3 Å². The van der Waals surface area contributed by atoms with E-state index in [0.717, 1.165) is 13.2 Å². The summed E-state index contributed by atoms with van der Waals surface area (Å²) in [5.74, 6) is -0.220. The predicted molar refractivity (Wildman–Crippen MR) is 68.1 cm³/mol. The summed E-state index contributed by atoms with van der Waals surface area (Å²) in [7, 11) is 3.38. The molecule has 0 aromatic carbocycles. The van der Waals surface area contributed by atoms with E-state index in [1.165, 1.54) is 7.11 Å². The first kappa shape index (κ1) is 16.4. The lowest BCUT2D eigenvalue weighted by Gasteiger charge is -2.24. The van der Waals surface area contributed by atoms with Crippen molar-refractivity contribution in [1.82, 2.24) is 10.2 Å². The molecule has 17 heavy (non-hydrogen) atoms. The van der Waals surface area contributed by atoms with Gasteiger partial charge in [0.25, 0.3) is 0 Å². The van der Waals surface area contributed by atoms with Gasteiger partial charge in [0.05, 0.1) is 13.7 Å². The van der Waals surface area contributed by atoms with Gasteiger partial charge in [0.2, 0.25) is 0 Å². The van der Waals surface area contributed by atoms with Crippen LogP contribution in [-0.2, 0) is 14.3 Å². The predicted octanol–water partition coefficient (Wildman–Crippen LogP) is 0.494. The van der Waals surface area contributed by atoms with Gasteiger partial charge in [0, 0.05) is 25.7 Å². The van der Waals surface area contributed by atoms with Gasteiger partial charge >= 0.3 is 5.97 Å². The summed E-state index contributed by atoms with van der Waals surface area (Å²) < 4.78 is 10.1. The van der Waals surface area contributed by atoms with Crippen LogP contribution in [0.25, 0.3) is 0 Å². The minimum atomic E-state index is -0.286. The number of methoxy groups -OCH3 is 1. The number of rotatable bonds is 9. The van der Waals surface area contributed by atoms with E-state index in [1.807, 2.05) is 27.8 Å². The van der Waals surface area contributed by atoms with E-state index in [2.05, 4.69) is 10.2 Å². The SMILES string of the molecule is CCOCCN(C)CC(NC(C)C)C(=O)OC. The summed E-state index contributed by atoms with van der Waals surface area (Å²) in [4.78, 5) is 13.6. The number of carbonyl (C=O) groups excluding carboxylic acids is 1. The van der Waals surface area contributed by atoms with Crippen LogP contribution in [0.15, 0.2) is 0 Å². The molecule has 0 saturated heterocycles. The minimum absolute atomic E-state index is 0.220. The van der Waals surface area contributed by atoms with Crippen molar-refractivity contribution in [3.8, 4) is 0 Å². The van der Waals surface area contributed by atoms with Gasteiger partial charge in [-0.2, -0.15) is 0 Å². The second kappa shape index (κ2) is 9.39. The maximum atomic E-state index is 11.6. The lowest BCUT2D eigenvalue weighted by molar-refractivity contribution is -0.143. The van der Waals surface area contributed by atoms with E-state index >= 15 is 0 Å². The first-order valence-electron chi connectivity index (χ1n) is 6.11. The molecular weight excluding hydrogens is 220 g/mol. The third-order valence-corrected chi connectivity index (χ3v) is 2.34. The highest BCUT2D eigenvalue weighted by atomic mass is 16.5. The maximum absolute atomic E-state index is 11.6. The van der Waals surface area contributed by atoms with Crippen LogP contribution in [0.1, 0.15) is 20.8 Å². The monoisotopic (exact) mass is 246 g/mol. The van der Waals surface area contributed by atoms with Crippen LogP contribution in [0.5, 0.6) is 0 Å². The summed E-state index contributed by atoms with van der Waals surface area (Å²) in [6.07, 6.45) is 0. The van der Waals surface area contributed by atoms with Gasteiger partial charge in [0.15, 0.2) is 0 Å². The van der Waals surface area contributed by atoms with Gasteiger partial charge < -0.3 is 19.7 Å². The standard InChI is InChI=1S/C12H26N2O3/c1-6-17-8-7-14(4)9-11(12(15)16-5)13-10(2)3/h10-11,13H,6-9H2,1-5H3. The first-order chi connectivity index (χ1) is 8.01. The largest absolute Gasteiger partial charge is 0.468 e. The molecule has 0 amide bonds. The van der Waals surface area contributed by atoms with E-state index in [9.17, 15) is 4.79 Å². The van der Waals surface area contributed by atoms with Gasteiger partial charge in [0.1, 0.15) is 6.04 Å². The Kier molecular flexibility index (Phi) is 9.03. The van der Waals surface area contributed by atoms with E-state index in [0.29, 0.717) is 13.2 Å². The molecule has 0 aliphatic rings. The average Bonchev–Trinajstić information content (AvgIpc) is 2.27. The molecule has 0 bridgehead atoms. The molecule has 0 heterocycles. The Morgan fingerprint density at radius 2 is 2.06 bits per heavy atom. The van der Waals surface area contributed by atoms with Gasteiger partial charge in [-0.05, 0) is 14.0 Å². The lowest BCUT2D eigenvalue weighted by atomic mass is 10.2. The molecule has 0 fully saturated rings. The van der Waals surface area contributed by atoms with Crippen molar-refractivity contribution in [2.24, 2.45) is 0 Å². The fraction of sp³-hybridized carbons (Fsp3) is 0.917. The van der Waals surface area contributed by atoms with Crippen LogP contribution < -0.4 is 5.32 Å². The van der Waals surface area contributed by atoms with Crippen LogP contribution in [0, 0.1) is 0 Å². The Balaban J connectivity index is 4.08. The second-order valence-corrected chi connectivity index (χ2v) is 4.36. The molecule has 0 aliphatic carbocycles. The van der Waals surface area contributed by atoms with Gasteiger partial charge in [-0.3, -0.25) is 4.79 Å². The van der Waals surface area contributed by atoms with Crippen molar-refractivity contribution in [1.29, 1.82) is 0 Å². The summed E-state index contributed by atoms with van der Waals surface area (Å²) in [6.45, 7) is 8.82. The molecule has 0 spiro atoms. The van der Waals surface area contributed by atoms with Crippen molar-refractivity contribution in [2.45, 2.75) is 32.9 Å². The number of likely N-dealkylation sites (N-methyl/N-ethyl adjacent to an activating group) is 1. The molecule has 5 nitrogen and oxygen atoms in total. The summed E-state index contributed by atoms with van der Waals surface area (Å²) >= 11 is 0. The number of esters is 1. The quantitative estimate of drug-likeness (QED) is 0.474. The summed E-state index contributed by atoms with van der Waals surface area (Å²) in [5.41, 5.74) is 0. The number of hydrogen-bond acceptors (Lipinski definition) is 5. The highest BCUT2D eigenvalue weighted by Crippen LogP contribution is 1.95. The third-order valence-electron chi connectivity index (χ3n) is 2.34. The van der Waals surface area contributed by atoms with E-state index < -0.39 is 0 Å². The molecule has 102 valence electrons. The Labute approximate surface area is 104 Å². The zero-order valence-corrected chi connectivity index (χ0v) is 11.7. The number of nitrogens with one attached hydrogen (secondary N) is 1. The molecule has 0 aliphatic heterocycles. The van der Waals surface area contributed by atoms with Gasteiger partial charge in [-0.25, -0.2) is 0 Å².